The van der Waals surface area contributed by atoms with Gasteiger partial charge in [0.2, 0.25) is 5.69 Å². The Morgan fingerprint density at radius 1 is 1.69 bits per heavy atom. The fraction of sp³-hybridized carbons (Fsp3) is 0.500. The van der Waals surface area contributed by atoms with Gasteiger partial charge in [-0.1, -0.05) is 30.5 Å². The fourth-order valence-electron chi connectivity index (χ4n) is 1.22. The van der Waals surface area contributed by atoms with E-state index in [9.17, 15) is 14.9 Å². The largest absolute Gasteiger partial charge is 0.476 e. The van der Waals surface area contributed by atoms with Crippen LogP contribution in [0.3, 0.4) is 0 Å². The molecule has 88 valence electrons. The molecule has 0 atom stereocenters. The third-order valence-electron chi connectivity index (χ3n) is 1.78. The summed E-state index contributed by atoms with van der Waals surface area (Å²) in [5.74, 6) is -1.76. The van der Waals surface area contributed by atoms with E-state index in [0.717, 1.165) is 4.68 Å². The summed E-state index contributed by atoms with van der Waals surface area (Å²) in [5, 5.41) is 22.6. The van der Waals surface area contributed by atoms with Crippen LogP contribution in [-0.2, 0) is 6.54 Å². The quantitative estimate of drug-likeness (QED) is 0.646. The number of carboxylic acid groups (broad SMARTS) is 1. The molecule has 0 aliphatic heterocycles. The van der Waals surface area contributed by atoms with Gasteiger partial charge in [0.15, 0.2) is 5.02 Å². The van der Waals surface area contributed by atoms with E-state index in [1.165, 1.54) is 0 Å². The zero-order chi connectivity index (χ0) is 12.5. The smallest absolute Gasteiger partial charge is 0.364 e. The molecule has 7 nitrogen and oxygen atoms in total. The number of nitrogens with zero attached hydrogens (tertiary/aromatic N) is 3. The van der Waals surface area contributed by atoms with Crippen molar-refractivity contribution in [3.63, 3.8) is 0 Å². The maximum atomic E-state index is 10.7. The summed E-state index contributed by atoms with van der Waals surface area (Å²) in [6.45, 7) is 3.91. The summed E-state index contributed by atoms with van der Waals surface area (Å²) >= 11 is 5.60. The van der Waals surface area contributed by atoms with Crippen LogP contribution in [0.5, 0.6) is 0 Å². The van der Waals surface area contributed by atoms with E-state index in [4.69, 9.17) is 16.7 Å². The van der Waals surface area contributed by atoms with Gasteiger partial charge in [0.25, 0.3) is 0 Å². The summed E-state index contributed by atoms with van der Waals surface area (Å²) in [5.41, 5.74) is -0.492. The first kappa shape index (κ1) is 12.4. The van der Waals surface area contributed by atoms with E-state index in [2.05, 4.69) is 5.10 Å². The Kier molecular flexibility index (Phi) is 3.48. The Hall–Kier alpha value is -1.63. The van der Waals surface area contributed by atoms with Gasteiger partial charge in [0.1, 0.15) is 6.54 Å². The van der Waals surface area contributed by atoms with Crippen LogP contribution in [0, 0.1) is 16.0 Å². The van der Waals surface area contributed by atoms with Crippen molar-refractivity contribution in [1.82, 2.24) is 9.78 Å². The van der Waals surface area contributed by atoms with Crippen molar-refractivity contribution in [2.75, 3.05) is 0 Å². The third kappa shape index (κ3) is 2.30. The van der Waals surface area contributed by atoms with E-state index in [-0.39, 0.29) is 12.5 Å². The first-order valence-corrected chi connectivity index (χ1v) is 4.86. The highest BCUT2D eigenvalue weighted by molar-refractivity contribution is 6.35. The molecule has 0 fully saturated rings. The minimum absolute atomic E-state index is 0.0938. The summed E-state index contributed by atoms with van der Waals surface area (Å²) in [6, 6.07) is 0. The van der Waals surface area contributed by atoms with Gasteiger partial charge >= 0.3 is 11.8 Å². The molecule has 0 bridgehead atoms. The first-order valence-electron chi connectivity index (χ1n) is 4.48. The van der Waals surface area contributed by atoms with Crippen LogP contribution >= 0.6 is 11.6 Å². The van der Waals surface area contributed by atoms with Crippen molar-refractivity contribution in [3.05, 3.63) is 20.8 Å². The molecule has 1 aromatic rings. The molecular formula is C8H10ClN3O4. The van der Waals surface area contributed by atoms with Crippen LogP contribution in [0.1, 0.15) is 24.3 Å². The number of rotatable bonds is 4. The number of halogens is 1. The molecule has 0 saturated heterocycles. The van der Waals surface area contributed by atoms with Gasteiger partial charge < -0.3 is 15.2 Å². The van der Waals surface area contributed by atoms with Crippen LogP contribution in [0.25, 0.3) is 0 Å². The molecule has 0 saturated carbocycles. The SMILES string of the molecule is CC(C)Cn1nc(C(=O)O)c(Cl)c1[N+](=O)[O-]. The average Bonchev–Trinajstić information content (AvgIpc) is 2.41. The molecule has 0 aliphatic carbocycles. The van der Waals surface area contributed by atoms with E-state index in [1.54, 1.807) is 0 Å². The number of nitro groups is 1. The van der Waals surface area contributed by atoms with Crippen LogP contribution in [0.4, 0.5) is 5.82 Å². The van der Waals surface area contributed by atoms with Crippen LogP contribution in [-0.4, -0.2) is 25.8 Å². The molecule has 1 rings (SSSR count). The second-order valence-electron chi connectivity index (χ2n) is 3.62. The van der Waals surface area contributed by atoms with E-state index < -0.39 is 27.4 Å². The van der Waals surface area contributed by atoms with Crippen LogP contribution in [0.2, 0.25) is 5.02 Å². The van der Waals surface area contributed by atoms with Crippen molar-refractivity contribution < 1.29 is 14.8 Å². The highest BCUT2D eigenvalue weighted by Crippen LogP contribution is 2.28. The topological polar surface area (TPSA) is 98.3 Å². The monoisotopic (exact) mass is 247 g/mol. The summed E-state index contributed by atoms with van der Waals surface area (Å²) < 4.78 is 1.01. The maximum Gasteiger partial charge on any atom is 0.364 e. The van der Waals surface area contributed by atoms with E-state index >= 15 is 0 Å². The van der Waals surface area contributed by atoms with Gasteiger partial charge in [-0.15, -0.1) is 4.68 Å². The van der Waals surface area contributed by atoms with Crippen LogP contribution < -0.4 is 0 Å². The van der Waals surface area contributed by atoms with Gasteiger partial charge in [0, 0.05) is 0 Å². The predicted octanol–water partition coefficient (Wildman–Crippen LogP) is 1.80. The zero-order valence-corrected chi connectivity index (χ0v) is 9.43. The number of hydrogen-bond donors (Lipinski definition) is 1. The van der Waals surface area contributed by atoms with Crippen LogP contribution in [0.15, 0.2) is 0 Å². The lowest BCUT2D eigenvalue weighted by atomic mass is 10.2. The molecule has 0 unspecified atom stereocenters. The molecule has 0 aromatic carbocycles. The Labute approximate surface area is 95.8 Å². The fourth-order valence-corrected chi connectivity index (χ4v) is 1.50. The number of carbonyl (C=O) groups is 1. The highest BCUT2D eigenvalue weighted by Gasteiger charge is 2.30. The number of aromatic carboxylic acids is 1. The van der Waals surface area contributed by atoms with Gasteiger partial charge in [0.05, 0.1) is 0 Å². The van der Waals surface area contributed by atoms with Crippen molar-refractivity contribution in [3.8, 4) is 0 Å². The molecule has 16 heavy (non-hydrogen) atoms. The van der Waals surface area contributed by atoms with Crippen molar-refractivity contribution in [2.45, 2.75) is 20.4 Å². The first-order chi connectivity index (χ1) is 7.34. The molecule has 1 N–H and O–H groups in total. The molecule has 8 heteroatoms. The Morgan fingerprint density at radius 2 is 2.25 bits per heavy atom. The number of carboxylic acids is 1. The average molecular weight is 248 g/mol. The normalized spacial score (nSPS) is 10.8. The van der Waals surface area contributed by atoms with Gasteiger partial charge in [-0.2, -0.15) is 0 Å². The second-order valence-corrected chi connectivity index (χ2v) is 4.00. The Morgan fingerprint density at radius 3 is 2.62 bits per heavy atom. The van der Waals surface area contributed by atoms with Gasteiger partial charge in [-0.3, -0.25) is 0 Å². The van der Waals surface area contributed by atoms with Crippen molar-refractivity contribution in [2.24, 2.45) is 5.92 Å². The predicted molar refractivity (Wildman–Crippen MR) is 55.7 cm³/mol. The Bertz CT molecular complexity index is 441. The number of hydrogen-bond acceptors (Lipinski definition) is 4. The molecule has 0 radical (unpaired) electrons. The summed E-state index contributed by atoms with van der Waals surface area (Å²) in [7, 11) is 0. The van der Waals surface area contributed by atoms with E-state index in [0.29, 0.717) is 0 Å². The number of aromatic nitrogens is 2. The lowest BCUT2D eigenvalue weighted by Crippen LogP contribution is -2.10. The third-order valence-corrected chi connectivity index (χ3v) is 2.13. The van der Waals surface area contributed by atoms with E-state index in [1.807, 2.05) is 13.8 Å². The molecule has 1 aromatic heterocycles. The zero-order valence-electron chi connectivity index (χ0n) is 8.68. The lowest BCUT2D eigenvalue weighted by molar-refractivity contribution is -0.392. The minimum Gasteiger partial charge on any atom is -0.476 e. The highest BCUT2D eigenvalue weighted by atomic mass is 35.5. The molecule has 0 amide bonds. The van der Waals surface area contributed by atoms with Crippen molar-refractivity contribution >= 4 is 23.4 Å². The van der Waals surface area contributed by atoms with Gasteiger partial charge in [-0.25, -0.2) is 4.79 Å². The standard InChI is InChI=1S/C8H10ClN3O4/c1-4(2)3-11-7(12(15)16)5(9)6(10-11)8(13)14/h4H,3H2,1-2H3,(H,13,14). The maximum absolute atomic E-state index is 10.7. The van der Waals surface area contributed by atoms with Gasteiger partial charge in [-0.05, 0) is 10.8 Å². The van der Waals surface area contributed by atoms with Crippen molar-refractivity contribution in [1.29, 1.82) is 0 Å². The molecule has 1 heterocycles. The minimum atomic E-state index is -1.38. The molecule has 0 spiro atoms. The summed E-state index contributed by atoms with van der Waals surface area (Å²) in [6.07, 6.45) is 0. The lowest BCUT2D eigenvalue weighted by Gasteiger charge is -2.01. The summed E-state index contributed by atoms with van der Waals surface area (Å²) in [4.78, 5) is 20.7. The Balaban J connectivity index is 3.31. The second kappa shape index (κ2) is 4.48. The molecule has 0 aliphatic rings. The molecular weight excluding hydrogens is 238 g/mol.